The van der Waals surface area contributed by atoms with Gasteiger partial charge in [0.25, 0.3) is 5.91 Å². The van der Waals surface area contributed by atoms with Crippen molar-refractivity contribution in [1.82, 2.24) is 9.80 Å². The fourth-order valence-electron chi connectivity index (χ4n) is 2.04. The van der Waals surface area contributed by atoms with E-state index < -0.39 is 0 Å². The molecule has 1 heterocycles. The van der Waals surface area contributed by atoms with Crippen LogP contribution in [0.5, 0.6) is 0 Å². The topological polar surface area (TPSA) is 23.6 Å². The van der Waals surface area contributed by atoms with Crippen molar-refractivity contribution in [3.63, 3.8) is 0 Å². The van der Waals surface area contributed by atoms with Gasteiger partial charge in [0.1, 0.15) is 0 Å². The number of amides is 1. The van der Waals surface area contributed by atoms with E-state index in [9.17, 15) is 4.79 Å². The molecule has 1 aromatic carbocycles. The van der Waals surface area contributed by atoms with Crippen LogP contribution in [0.1, 0.15) is 17.3 Å². The predicted octanol–water partition coefficient (Wildman–Crippen LogP) is 2.12. The maximum Gasteiger partial charge on any atom is 0.253 e. The Kier molecular flexibility index (Phi) is 4.02. The van der Waals surface area contributed by atoms with Crippen molar-refractivity contribution in [3.8, 4) is 0 Å². The molecule has 0 unspecified atom stereocenters. The SMILES string of the molecule is CCN1CCN(C(=O)c2ccc(Cl)cc2)CC1. The summed E-state index contributed by atoms with van der Waals surface area (Å²) in [5.74, 6) is 0.109. The first-order valence-corrected chi connectivity index (χ1v) is 6.35. The van der Waals surface area contributed by atoms with Gasteiger partial charge in [-0.25, -0.2) is 0 Å². The normalized spacial score (nSPS) is 17.2. The molecule has 1 aromatic rings. The lowest BCUT2D eigenvalue weighted by Gasteiger charge is -2.34. The number of nitrogens with zero attached hydrogens (tertiary/aromatic N) is 2. The number of hydrogen-bond acceptors (Lipinski definition) is 2. The van der Waals surface area contributed by atoms with Crippen molar-refractivity contribution in [1.29, 1.82) is 0 Å². The summed E-state index contributed by atoms with van der Waals surface area (Å²) >= 11 is 5.81. The van der Waals surface area contributed by atoms with Crippen molar-refractivity contribution in [2.24, 2.45) is 0 Å². The van der Waals surface area contributed by atoms with Gasteiger partial charge in [-0.2, -0.15) is 0 Å². The molecule has 0 radical (unpaired) electrons. The lowest BCUT2D eigenvalue weighted by atomic mass is 10.2. The number of benzene rings is 1. The molecule has 3 nitrogen and oxygen atoms in total. The van der Waals surface area contributed by atoms with Crippen molar-refractivity contribution in [3.05, 3.63) is 34.9 Å². The number of halogens is 1. The maximum atomic E-state index is 12.2. The largest absolute Gasteiger partial charge is 0.336 e. The molecular weight excluding hydrogens is 236 g/mol. The molecular formula is C13H17ClN2O. The minimum Gasteiger partial charge on any atom is -0.336 e. The Morgan fingerprint density at radius 2 is 1.76 bits per heavy atom. The highest BCUT2D eigenvalue weighted by Gasteiger charge is 2.20. The zero-order valence-corrected chi connectivity index (χ0v) is 10.8. The van der Waals surface area contributed by atoms with Crippen molar-refractivity contribution >= 4 is 17.5 Å². The third-order valence-corrected chi connectivity index (χ3v) is 3.45. The van der Waals surface area contributed by atoms with Crippen LogP contribution >= 0.6 is 11.6 Å². The number of hydrogen-bond donors (Lipinski definition) is 0. The lowest BCUT2D eigenvalue weighted by Crippen LogP contribution is -2.48. The molecule has 17 heavy (non-hydrogen) atoms. The molecule has 1 amide bonds. The first-order chi connectivity index (χ1) is 8.20. The van der Waals surface area contributed by atoms with Gasteiger partial charge in [0.2, 0.25) is 0 Å². The average Bonchev–Trinajstić information content (AvgIpc) is 2.39. The third kappa shape index (κ3) is 2.99. The fraction of sp³-hybridized carbons (Fsp3) is 0.462. The van der Waals surface area contributed by atoms with Crippen LogP contribution in [0.25, 0.3) is 0 Å². The summed E-state index contributed by atoms with van der Waals surface area (Å²) in [6, 6.07) is 7.10. The number of carbonyl (C=O) groups is 1. The smallest absolute Gasteiger partial charge is 0.253 e. The van der Waals surface area contributed by atoms with Gasteiger partial charge in [-0.1, -0.05) is 18.5 Å². The van der Waals surface area contributed by atoms with Crippen LogP contribution in [0.3, 0.4) is 0 Å². The van der Waals surface area contributed by atoms with Crippen LogP contribution in [0.2, 0.25) is 5.02 Å². The summed E-state index contributed by atoms with van der Waals surface area (Å²) in [5, 5.41) is 0.664. The zero-order chi connectivity index (χ0) is 12.3. The highest BCUT2D eigenvalue weighted by molar-refractivity contribution is 6.30. The van der Waals surface area contributed by atoms with Crippen LogP contribution in [0, 0.1) is 0 Å². The number of likely N-dealkylation sites (N-methyl/N-ethyl adjacent to an activating group) is 1. The molecule has 1 aliphatic heterocycles. The second-order valence-electron chi connectivity index (χ2n) is 4.23. The first-order valence-electron chi connectivity index (χ1n) is 5.98. The summed E-state index contributed by atoms with van der Waals surface area (Å²) in [4.78, 5) is 16.4. The highest BCUT2D eigenvalue weighted by atomic mass is 35.5. The zero-order valence-electron chi connectivity index (χ0n) is 10.0. The van der Waals surface area contributed by atoms with E-state index in [0.29, 0.717) is 5.02 Å². The second-order valence-corrected chi connectivity index (χ2v) is 4.67. The van der Waals surface area contributed by atoms with Crippen LogP contribution < -0.4 is 0 Å². The minimum absolute atomic E-state index is 0.109. The summed E-state index contributed by atoms with van der Waals surface area (Å²) in [5.41, 5.74) is 0.722. The Labute approximate surface area is 107 Å². The number of rotatable bonds is 2. The molecule has 0 N–H and O–H groups in total. The molecule has 0 atom stereocenters. The van der Waals surface area contributed by atoms with E-state index in [1.807, 2.05) is 4.90 Å². The molecule has 0 bridgehead atoms. The van der Waals surface area contributed by atoms with E-state index >= 15 is 0 Å². The van der Waals surface area contributed by atoms with Crippen molar-refractivity contribution in [2.45, 2.75) is 6.92 Å². The van der Waals surface area contributed by atoms with Gasteiger partial charge >= 0.3 is 0 Å². The highest BCUT2D eigenvalue weighted by Crippen LogP contribution is 2.12. The summed E-state index contributed by atoms with van der Waals surface area (Å²) in [6.07, 6.45) is 0. The van der Waals surface area contributed by atoms with E-state index in [0.717, 1.165) is 38.3 Å². The molecule has 0 aromatic heterocycles. The quantitative estimate of drug-likeness (QED) is 0.805. The summed E-state index contributed by atoms with van der Waals surface area (Å²) < 4.78 is 0. The maximum absolute atomic E-state index is 12.2. The second kappa shape index (κ2) is 5.52. The van der Waals surface area contributed by atoms with Crippen molar-refractivity contribution in [2.75, 3.05) is 32.7 Å². The molecule has 1 saturated heterocycles. The first kappa shape index (κ1) is 12.4. The van der Waals surface area contributed by atoms with Gasteiger partial charge in [-0.3, -0.25) is 4.79 Å². The Balaban J connectivity index is 1.99. The summed E-state index contributed by atoms with van der Waals surface area (Å²) in [6.45, 7) is 6.77. The lowest BCUT2D eigenvalue weighted by molar-refractivity contribution is 0.0643. The molecule has 2 rings (SSSR count). The Hall–Kier alpha value is -1.06. The van der Waals surface area contributed by atoms with Crippen LogP contribution in [0.15, 0.2) is 24.3 Å². The van der Waals surface area contributed by atoms with Crippen LogP contribution in [-0.4, -0.2) is 48.4 Å². The van der Waals surface area contributed by atoms with E-state index in [2.05, 4.69) is 11.8 Å². The monoisotopic (exact) mass is 252 g/mol. The van der Waals surface area contributed by atoms with Gasteiger partial charge < -0.3 is 9.80 Å². The molecule has 1 fully saturated rings. The molecule has 4 heteroatoms. The van der Waals surface area contributed by atoms with E-state index in [1.165, 1.54) is 0 Å². The van der Waals surface area contributed by atoms with Crippen LogP contribution in [0.4, 0.5) is 0 Å². The molecule has 0 aliphatic carbocycles. The van der Waals surface area contributed by atoms with Gasteiger partial charge in [0, 0.05) is 36.8 Å². The van der Waals surface area contributed by atoms with Gasteiger partial charge in [0.05, 0.1) is 0 Å². The third-order valence-electron chi connectivity index (χ3n) is 3.20. The van der Waals surface area contributed by atoms with Gasteiger partial charge in [0.15, 0.2) is 0 Å². The number of carbonyl (C=O) groups excluding carboxylic acids is 1. The minimum atomic E-state index is 0.109. The Bertz CT molecular complexity index is 383. The molecule has 92 valence electrons. The predicted molar refractivity (Wildman–Crippen MR) is 69.5 cm³/mol. The Morgan fingerprint density at radius 3 is 2.29 bits per heavy atom. The van der Waals surface area contributed by atoms with E-state index in [1.54, 1.807) is 24.3 Å². The van der Waals surface area contributed by atoms with Gasteiger partial charge in [-0.15, -0.1) is 0 Å². The average molecular weight is 253 g/mol. The molecule has 0 saturated carbocycles. The Morgan fingerprint density at radius 1 is 1.18 bits per heavy atom. The van der Waals surface area contributed by atoms with E-state index in [-0.39, 0.29) is 5.91 Å². The van der Waals surface area contributed by atoms with Crippen molar-refractivity contribution < 1.29 is 4.79 Å². The molecule has 1 aliphatic rings. The van der Waals surface area contributed by atoms with Gasteiger partial charge in [-0.05, 0) is 30.8 Å². The van der Waals surface area contributed by atoms with Crippen LogP contribution in [-0.2, 0) is 0 Å². The molecule has 0 spiro atoms. The standard InChI is InChI=1S/C13H17ClN2O/c1-2-15-7-9-16(10-8-15)13(17)11-3-5-12(14)6-4-11/h3-6H,2,7-10H2,1H3. The fourth-order valence-corrected chi connectivity index (χ4v) is 2.17. The number of piperazine rings is 1. The van der Waals surface area contributed by atoms with E-state index in [4.69, 9.17) is 11.6 Å². The summed E-state index contributed by atoms with van der Waals surface area (Å²) in [7, 11) is 0.